The smallest absolute Gasteiger partial charge is 0.139 e. The van der Waals surface area contributed by atoms with Gasteiger partial charge >= 0.3 is 0 Å². The molecule has 0 aliphatic carbocycles. The van der Waals surface area contributed by atoms with Gasteiger partial charge in [0.1, 0.15) is 5.78 Å². The predicted octanol–water partition coefficient (Wildman–Crippen LogP) is 1.84. The van der Waals surface area contributed by atoms with Crippen molar-refractivity contribution in [1.82, 2.24) is 5.32 Å². The van der Waals surface area contributed by atoms with Crippen LogP contribution in [0.1, 0.15) is 32.6 Å². The molecule has 1 N–H and O–H groups in total. The lowest BCUT2D eigenvalue weighted by Crippen LogP contribution is -2.34. The number of carbonyl (C=O) groups excluding carboxylic acids is 1. The van der Waals surface area contributed by atoms with Gasteiger partial charge in [0.15, 0.2) is 0 Å². The minimum atomic E-state index is 0.293. The number of hydrogen-bond acceptors (Lipinski definition) is 3. The van der Waals surface area contributed by atoms with Gasteiger partial charge in [0, 0.05) is 6.04 Å². The summed E-state index contributed by atoms with van der Waals surface area (Å²) in [5, 5.41) is 3.51. The molecule has 3 heteroatoms. The van der Waals surface area contributed by atoms with Crippen molar-refractivity contribution in [2.24, 2.45) is 0 Å². The van der Waals surface area contributed by atoms with Crippen molar-refractivity contribution < 1.29 is 4.79 Å². The molecule has 0 aromatic rings. The number of rotatable bonds is 5. The number of ketones is 1. The number of piperidine rings is 1. The predicted molar refractivity (Wildman–Crippen MR) is 58.3 cm³/mol. The summed E-state index contributed by atoms with van der Waals surface area (Å²) in [6.07, 6.45) is 5.24. The van der Waals surface area contributed by atoms with Gasteiger partial charge in [0.25, 0.3) is 0 Å². The SMILES string of the molecule is CC(=O)CSCCC1CCCCN1. The van der Waals surface area contributed by atoms with E-state index in [1.807, 2.05) is 0 Å². The minimum absolute atomic E-state index is 0.293. The summed E-state index contributed by atoms with van der Waals surface area (Å²) in [5.41, 5.74) is 0. The maximum absolute atomic E-state index is 10.7. The molecular weight excluding hydrogens is 182 g/mol. The average Bonchev–Trinajstić information content (AvgIpc) is 2.14. The normalized spacial score (nSPS) is 23.0. The van der Waals surface area contributed by atoms with Gasteiger partial charge in [-0.15, -0.1) is 0 Å². The molecule has 13 heavy (non-hydrogen) atoms. The second-order valence-electron chi connectivity index (χ2n) is 3.69. The maximum atomic E-state index is 10.7. The van der Waals surface area contributed by atoms with E-state index in [9.17, 15) is 4.79 Å². The van der Waals surface area contributed by atoms with Crippen molar-refractivity contribution in [1.29, 1.82) is 0 Å². The van der Waals surface area contributed by atoms with Crippen LogP contribution in [0.4, 0.5) is 0 Å². The highest BCUT2D eigenvalue weighted by molar-refractivity contribution is 7.99. The number of Topliss-reactive ketones (excluding diaryl/α,β-unsaturated/α-hetero) is 1. The van der Waals surface area contributed by atoms with E-state index in [0.29, 0.717) is 17.6 Å². The maximum Gasteiger partial charge on any atom is 0.139 e. The number of thioether (sulfide) groups is 1. The van der Waals surface area contributed by atoms with E-state index in [-0.39, 0.29) is 0 Å². The van der Waals surface area contributed by atoms with E-state index >= 15 is 0 Å². The minimum Gasteiger partial charge on any atom is -0.314 e. The molecule has 0 aromatic heterocycles. The van der Waals surface area contributed by atoms with Gasteiger partial charge in [-0.05, 0) is 38.5 Å². The van der Waals surface area contributed by atoms with Gasteiger partial charge < -0.3 is 5.32 Å². The molecule has 0 spiro atoms. The first-order chi connectivity index (χ1) is 6.29. The van der Waals surface area contributed by atoms with Crippen LogP contribution in [0.15, 0.2) is 0 Å². The van der Waals surface area contributed by atoms with Crippen LogP contribution in [0.3, 0.4) is 0 Å². The molecule has 2 nitrogen and oxygen atoms in total. The summed E-state index contributed by atoms with van der Waals surface area (Å²) < 4.78 is 0. The first-order valence-electron chi connectivity index (χ1n) is 5.09. The zero-order valence-corrected chi connectivity index (χ0v) is 9.16. The van der Waals surface area contributed by atoms with Gasteiger partial charge in [-0.3, -0.25) is 4.79 Å². The van der Waals surface area contributed by atoms with Crippen molar-refractivity contribution in [3.8, 4) is 0 Å². The Morgan fingerprint density at radius 3 is 3.00 bits per heavy atom. The third-order valence-electron chi connectivity index (χ3n) is 2.33. The monoisotopic (exact) mass is 201 g/mol. The highest BCUT2D eigenvalue weighted by Gasteiger charge is 2.11. The Hall–Kier alpha value is -0.0200. The lowest BCUT2D eigenvalue weighted by Gasteiger charge is -2.22. The topological polar surface area (TPSA) is 29.1 Å². The lowest BCUT2D eigenvalue weighted by molar-refractivity contribution is -0.114. The molecular formula is C10H19NOS. The fourth-order valence-electron chi connectivity index (χ4n) is 1.61. The van der Waals surface area contributed by atoms with Crippen molar-refractivity contribution in [3.05, 3.63) is 0 Å². The molecule has 1 aliphatic rings. The van der Waals surface area contributed by atoms with Gasteiger partial charge in [-0.2, -0.15) is 11.8 Å². The number of nitrogens with one attached hydrogen (secondary N) is 1. The molecule has 0 aromatic carbocycles. The molecule has 0 amide bonds. The van der Waals surface area contributed by atoms with Gasteiger partial charge in [-0.25, -0.2) is 0 Å². The first-order valence-corrected chi connectivity index (χ1v) is 6.25. The molecule has 0 saturated carbocycles. The zero-order valence-electron chi connectivity index (χ0n) is 8.34. The standard InChI is InChI=1S/C10H19NOS/c1-9(12)8-13-7-5-10-4-2-3-6-11-10/h10-11H,2-8H2,1H3. The van der Waals surface area contributed by atoms with E-state index in [4.69, 9.17) is 0 Å². The molecule has 0 bridgehead atoms. The van der Waals surface area contributed by atoms with Crippen LogP contribution in [0.5, 0.6) is 0 Å². The van der Waals surface area contributed by atoms with Crippen molar-refractivity contribution in [2.45, 2.75) is 38.6 Å². The lowest BCUT2D eigenvalue weighted by atomic mass is 10.0. The Morgan fingerprint density at radius 2 is 2.38 bits per heavy atom. The highest BCUT2D eigenvalue weighted by Crippen LogP contribution is 2.13. The molecule has 1 unspecified atom stereocenters. The van der Waals surface area contributed by atoms with Crippen LogP contribution in [0.25, 0.3) is 0 Å². The molecule has 1 rings (SSSR count). The summed E-state index contributed by atoms with van der Waals surface area (Å²) in [6, 6.07) is 0.716. The highest BCUT2D eigenvalue weighted by atomic mass is 32.2. The summed E-state index contributed by atoms with van der Waals surface area (Å²) in [6.45, 7) is 2.84. The Balaban J connectivity index is 1.95. The van der Waals surface area contributed by atoms with Crippen molar-refractivity contribution in [2.75, 3.05) is 18.1 Å². The Morgan fingerprint density at radius 1 is 1.54 bits per heavy atom. The zero-order chi connectivity index (χ0) is 9.52. The first kappa shape index (κ1) is 11.1. The average molecular weight is 201 g/mol. The largest absolute Gasteiger partial charge is 0.314 e. The van der Waals surface area contributed by atoms with Crippen LogP contribution in [0.2, 0.25) is 0 Å². The Kier molecular flexibility index (Phi) is 5.47. The molecule has 1 aliphatic heterocycles. The fourth-order valence-corrected chi connectivity index (χ4v) is 2.49. The van der Waals surface area contributed by atoms with E-state index in [2.05, 4.69) is 5.32 Å². The molecule has 1 atom stereocenters. The van der Waals surface area contributed by atoms with Crippen LogP contribution in [-0.4, -0.2) is 29.9 Å². The molecule has 76 valence electrons. The summed E-state index contributed by atoms with van der Waals surface area (Å²) in [7, 11) is 0. The van der Waals surface area contributed by atoms with Crippen LogP contribution >= 0.6 is 11.8 Å². The summed E-state index contributed by atoms with van der Waals surface area (Å²) in [5.74, 6) is 2.10. The molecule has 1 fully saturated rings. The van der Waals surface area contributed by atoms with Gasteiger partial charge in [-0.1, -0.05) is 6.42 Å². The van der Waals surface area contributed by atoms with E-state index in [0.717, 1.165) is 5.75 Å². The van der Waals surface area contributed by atoms with Crippen LogP contribution < -0.4 is 5.32 Å². The third-order valence-corrected chi connectivity index (χ3v) is 3.46. The van der Waals surface area contributed by atoms with Crippen molar-refractivity contribution in [3.63, 3.8) is 0 Å². The molecule has 1 heterocycles. The third kappa shape index (κ3) is 5.32. The van der Waals surface area contributed by atoms with Gasteiger partial charge in [0.2, 0.25) is 0 Å². The fraction of sp³-hybridized carbons (Fsp3) is 0.900. The number of hydrogen-bond donors (Lipinski definition) is 1. The summed E-state index contributed by atoms with van der Waals surface area (Å²) >= 11 is 1.77. The Labute approximate surface area is 84.9 Å². The van der Waals surface area contributed by atoms with Gasteiger partial charge in [0.05, 0.1) is 5.75 Å². The quantitative estimate of drug-likeness (QED) is 0.688. The second-order valence-corrected chi connectivity index (χ2v) is 4.80. The van der Waals surface area contributed by atoms with E-state index < -0.39 is 0 Å². The summed E-state index contributed by atoms with van der Waals surface area (Å²) in [4.78, 5) is 10.7. The Bertz CT molecular complexity index is 155. The molecule has 0 radical (unpaired) electrons. The van der Waals surface area contributed by atoms with Crippen LogP contribution in [-0.2, 0) is 4.79 Å². The van der Waals surface area contributed by atoms with Crippen LogP contribution in [0, 0.1) is 0 Å². The molecule has 1 saturated heterocycles. The second kappa shape index (κ2) is 6.44. The van der Waals surface area contributed by atoms with E-state index in [1.165, 1.54) is 32.2 Å². The number of carbonyl (C=O) groups is 1. The van der Waals surface area contributed by atoms with Crippen molar-refractivity contribution >= 4 is 17.5 Å². The van der Waals surface area contributed by atoms with E-state index in [1.54, 1.807) is 18.7 Å².